The lowest BCUT2D eigenvalue weighted by Crippen LogP contribution is -2.42. The third kappa shape index (κ3) is 4.13. The number of fused-ring (bicyclic) bond motifs is 1. The second kappa shape index (κ2) is 7.76. The summed E-state index contributed by atoms with van der Waals surface area (Å²) in [5.74, 6) is 0.355. The minimum atomic E-state index is -0.226. The normalized spacial score (nSPS) is 13.2. The van der Waals surface area contributed by atoms with E-state index in [-0.39, 0.29) is 24.8 Å². The Hall–Kier alpha value is -2.93. The molecule has 3 rings (SSSR count). The second-order valence-corrected chi connectivity index (χ2v) is 5.58. The maximum atomic E-state index is 12.6. The van der Waals surface area contributed by atoms with E-state index < -0.39 is 0 Å². The van der Waals surface area contributed by atoms with Crippen LogP contribution in [-0.4, -0.2) is 43.7 Å². The molecule has 130 valence electrons. The van der Waals surface area contributed by atoms with Crippen molar-refractivity contribution in [1.82, 2.24) is 4.98 Å². The zero-order valence-corrected chi connectivity index (χ0v) is 13.9. The van der Waals surface area contributed by atoms with E-state index in [1.807, 2.05) is 24.3 Å². The van der Waals surface area contributed by atoms with Crippen molar-refractivity contribution < 1.29 is 19.1 Å². The van der Waals surface area contributed by atoms with Crippen LogP contribution < -0.4 is 15.0 Å². The van der Waals surface area contributed by atoms with Gasteiger partial charge in [0.1, 0.15) is 18.9 Å². The van der Waals surface area contributed by atoms with Gasteiger partial charge < -0.3 is 19.7 Å². The molecule has 0 saturated carbocycles. The van der Waals surface area contributed by atoms with Gasteiger partial charge in [-0.25, -0.2) is 0 Å². The van der Waals surface area contributed by atoms with E-state index in [0.717, 1.165) is 11.3 Å². The number of carbonyl (C=O) groups is 2. The highest BCUT2D eigenvalue weighted by Gasteiger charge is 2.26. The molecule has 2 amide bonds. The first kappa shape index (κ1) is 16.9. The van der Waals surface area contributed by atoms with Gasteiger partial charge >= 0.3 is 0 Å². The molecule has 0 saturated heterocycles. The fourth-order valence-corrected chi connectivity index (χ4v) is 2.58. The number of amides is 2. The molecular formula is C18H19N3O4. The number of hydrogen-bond acceptors (Lipinski definition) is 5. The summed E-state index contributed by atoms with van der Waals surface area (Å²) in [6.07, 6.45) is 3.34. The molecule has 7 nitrogen and oxygen atoms in total. The fraction of sp³-hybridized carbons (Fsp3) is 0.278. The Balaban J connectivity index is 1.67. The predicted octanol–water partition coefficient (Wildman–Crippen LogP) is 1.63. The molecule has 25 heavy (non-hydrogen) atoms. The Morgan fingerprint density at radius 2 is 2.04 bits per heavy atom. The smallest absolute Gasteiger partial charge is 0.244 e. The van der Waals surface area contributed by atoms with Crippen LogP contribution in [0, 0.1) is 0 Å². The fourth-order valence-electron chi connectivity index (χ4n) is 2.58. The van der Waals surface area contributed by atoms with Gasteiger partial charge in [-0.15, -0.1) is 0 Å². The monoisotopic (exact) mass is 341 g/mol. The predicted molar refractivity (Wildman–Crippen MR) is 92.7 cm³/mol. The molecule has 1 aliphatic rings. The molecule has 1 aromatic heterocycles. The summed E-state index contributed by atoms with van der Waals surface area (Å²) in [5.41, 5.74) is 2.07. The maximum absolute atomic E-state index is 12.6. The number of pyridine rings is 1. The molecule has 0 unspecified atom stereocenters. The highest BCUT2D eigenvalue weighted by atomic mass is 16.5. The summed E-state index contributed by atoms with van der Waals surface area (Å²) in [5, 5.41) is 2.72. The highest BCUT2D eigenvalue weighted by molar-refractivity contribution is 6.10. The van der Waals surface area contributed by atoms with Gasteiger partial charge in [-0.3, -0.25) is 14.6 Å². The van der Waals surface area contributed by atoms with Crippen LogP contribution in [0.4, 0.5) is 11.4 Å². The average Bonchev–Trinajstić information content (AvgIpc) is 2.62. The highest BCUT2D eigenvalue weighted by Crippen LogP contribution is 2.28. The summed E-state index contributed by atoms with van der Waals surface area (Å²) in [6, 6.07) is 9.05. The van der Waals surface area contributed by atoms with Crippen molar-refractivity contribution in [3.05, 3.63) is 48.3 Å². The van der Waals surface area contributed by atoms with Crippen molar-refractivity contribution in [1.29, 1.82) is 0 Å². The van der Waals surface area contributed by atoms with Crippen LogP contribution in [0.25, 0.3) is 0 Å². The first-order valence-corrected chi connectivity index (χ1v) is 7.92. The van der Waals surface area contributed by atoms with E-state index >= 15 is 0 Å². The van der Waals surface area contributed by atoms with E-state index in [0.29, 0.717) is 24.6 Å². The topological polar surface area (TPSA) is 80.8 Å². The maximum Gasteiger partial charge on any atom is 0.244 e. The molecule has 2 heterocycles. The van der Waals surface area contributed by atoms with Crippen LogP contribution in [-0.2, 0) is 20.7 Å². The van der Waals surface area contributed by atoms with Crippen molar-refractivity contribution in [3.63, 3.8) is 0 Å². The van der Waals surface area contributed by atoms with Gasteiger partial charge in [0.2, 0.25) is 11.8 Å². The summed E-state index contributed by atoms with van der Waals surface area (Å²) >= 11 is 0. The zero-order valence-electron chi connectivity index (χ0n) is 13.9. The quantitative estimate of drug-likeness (QED) is 0.808. The Bertz CT molecular complexity index is 761. The van der Waals surface area contributed by atoms with Gasteiger partial charge in [0, 0.05) is 13.3 Å². The molecule has 0 atom stereocenters. The van der Waals surface area contributed by atoms with Gasteiger partial charge in [-0.2, -0.15) is 0 Å². The molecule has 1 N–H and O–H groups in total. The molecule has 0 aliphatic carbocycles. The van der Waals surface area contributed by atoms with Crippen molar-refractivity contribution in [2.45, 2.75) is 6.42 Å². The number of nitrogens with zero attached hydrogens (tertiary/aromatic N) is 2. The lowest BCUT2D eigenvalue weighted by molar-refractivity contribution is -0.121. The van der Waals surface area contributed by atoms with Crippen molar-refractivity contribution in [2.75, 3.05) is 37.1 Å². The Kier molecular flexibility index (Phi) is 5.25. The number of anilines is 2. The summed E-state index contributed by atoms with van der Waals surface area (Å²) < 4.78 is 10.4. The lowest BCUT2D eigenvalue weighted by atomic mass is 10.1. The number of benzene rings is 1. The number of rotatable bonds is 6. The van der Waals surface area contributed by atoms with E-state index in [1.54, 1.807) is 25.6 Å². The number of nitrogens with one attached hydrogen (secondary N) is 1. The summed E-state index contributed by atoms with van der Waals surface area (Å²) in [4.78, 5) is 29.9. The minimum Gasteiger partial charge on any atom is -0.491 e. The number of hydrogen-bond donors (Lipinski definition) is 1. The largest absolute Gasteiger partial charge is 0.491 e. The minimum absolute atomic E-state index is 0.00800. The molecule has 0 bridgehead atoms. The van der Waals surface area contributed by atoms with Crippen LogP contribution in [0.1, 0.15) is 5.56 Å². The lowest BCUT2D eigenvalue weighted by Gasteiger charge is -2.28. The van der Waals surface area contributed by atoms with Gasteiger partial charge in [-0.05, 0) is 23.8 Å². The molecule has 0 spiro atoms. The van der Waals surface area contributed by atoms with E-state index in [2.05, 4.69) is 10.3 Å². The average molecular weight is 341 g/mol. The van der Waals surface area contributed by atoms with Crippen molar-refractivity contribution in [2.24, 2.45) is 0 Å². The van der Waals surface area contributed by atoms with E-state index in [1.165, 1.54) is 4.90 Å². The van der Waals surface area contributed by atoms with Crippen LogP contribution in [0.15, 0.2) is 42.7 Å². The third-order valence-electron chi connectivity index (χ3n) is 3.80. The Morgan fingerprint density at radius 3 is 2.80 bits per heavy atom. The molecule has 1 aliphatic heterocycles. The molecule has 2 aromatic rings. The van der Waals surface area contributed by atoms with Gasteiger partial charge in [-0.1, -0.05) is 12.1 Å². The van der Waals surface area contributed by atoms with Gasteiger partial charge in [0.25, 0.3) is 0 Å². The molecular weight excluding hydrogens is 322 g/mol. The Labute approximate surface area is 145 Å². The van der Waals surface area contributed by atoms with E-state index in [9.17, 15) is 9.59 Å². The van der Waals surface area contributed by atoms with Gasteiger partial charge in [0.05, 0.1) is 30.6 Å². The molecule has 1 aromatic carbocycles. The van der Waals surface area contributed by atoms with Crippen LogP contribution >= 0.6 is 0 Å². The number of methoxy groups -OCH3 is 1. The number of ether oxygens (including phenoxy) is 2. The third-order valence-corrected chi connectivity index (χ3v) is 3.80. The zero-order chi connectivity index (χ0) is 17.6. The van der Waals surface area contributed by atoms with E-state index in [4.69, 9.17) is 9.47 Å². The van der Waals surface area contributed by atoms with Crippen LogP contribution in [0.5, 0.6) is 5.75 Å². The number of aromatic nitrogens is 1. The second-order valence-electron chi connectivity index (χ2n) is 5.58. The molecule has 0 fully saturated rings. The molecule has 0 radical (unpaired) electrons. The van der Waals surface area contributed by atoms with Crippen molar-refractivity contribution >= 4 is 23.2 Å². The summed E-state index contributed by atoms with van der Waals surface area (Å²) in [7, 11) is 1.62. The first-order chi connectivity index (χ1) is 12.2. The van der Waals surface area contributed by atoms with Gasteiger partial charge in [0.15, 0.2) is 0 Å². The Morgan fingerprint density at radius 1 is 1.24 bits per heavy atom. The van der Waals surface area contributed by atoms with Crippen LogP contribution in [0.3, 0.4) is 0 Å². The summed E-state index contributed by atoms with van der Waals surface area (Å²) in [6.45, 7) is 1.00. The number of carbonyl (C=O) groups excluding carboxylic acids is 2. The van der Waals surface area contributed by atoms with Crippen LogP contribution in [0.2, 0.25) is 0 Å². The molecule has 7 heteroatoms. The standard InChI is InChI=1S/C18H19N3O4/c1-24-8-9-25-14-4-2-13(3-5-14)10-18(23)21-12-17(22)20-15-11-19-7-6-16(15)21/h2-7,11H,8-10,12H2,1H3,(H,20,22). The first-order valence-electron chi connectivity index (χ1n) is 7.92. The van der Waals surface area contributed by atoms with Crippen molar-refractivity contribution in [3.8, 4) is 5.75 Å². The SMILES string of the molecule is COCCOc1ccc(CC(=O)N2CC(=O)Nc3cnccc32)cc1.